The highest BCUT2D eigenvalue weighted by Crippen LogP contribution is 2.33. The Morgan fingerprint density at radius 3 is 2.63 bits per heavy atom. The van der Waals surface area contributed by atoms with Crippen LogP contribution < -0.4 is 9.63 Å². The molecule has 3 aromatic heterocycles. The van der Waals surface area contributed by atoms with Crippen LogP contribution in [0, 0.1) is 0 Å². The smallest absolute Gasteiger partial charge is 0.350 e. The summed E-state index contributed by atoms with van der Waals surface area (Å²) in [5.41, 5.74) is -0.107. The number of hydrogen-bond acceptors (Lipinski definition) is 5. The molecule has 1 saturated heterocycles. The second-order valence-corrected chi connectivity index (χ2v) is 7.65. The van der Waals surface area contributed by atoms with Crippen molar-refractivity contribution in [3.8, 4) is 0 Å². The van der Waals surface area contributed by atoms with E-state index in [-0.39, 0.29) is 0 Å². The fourth-order valence-corrected chi connectivity index (χ4v) is 4.34. The largest absolute Gasteiger partial charge is 0.417 e. The zero-order chi connectivity index (χ0) is 19.0. The van der Waals surface area contributed by atoms with Crippen LogP contribution in [-0.4, -0.2) is 41.3 Å². The van der Waals surface area contributed by atoms with Crippen molar-refractivity contribution in [2.45, 2.75) is 12.7 Å². The molecule has 1 aliphatic heterocycles. The van der Waals surface area contributed by atoms with Gasteiger partial charge in [-0.1, -0.05) is 10.8 Å². The molecule has 0 spiro atoms. The second kappa shape index (κ2) is 6.97. The standard InChI is InChI=1S/C18H18F3N4OS/c19-18(20,21)13-9-16-15(22-11-13)10-14(27-16)12-23-5-7-24(8-6-23)17-3-1-2-4-25(17)26/h1-4,9-11,26H,5-8,12H2/q+1. The van der Waals surface area contributed by atoms with Gasteiger partial charge in [-0.2, -0.15) is 13.2 Å². The predicted molar refractivity (Wildman–Crippen MR) is 95.9 cm³/mol. The summed E-state index contributed by atoms with van der Waals surface area (Å²) in [4.78, 5) is 9.33. The highest BCUT2D eigenvalue weighted by Gasteiger charge is 2.31. The number of aromatic nitrogens is 2. The summed E-state index contributed by atoms with van der Waals surface area (Å²) >= 11 is 1.36. The Kier molecular flexibility index (Phi) is 4.65. The Labute approximate surface area is 157 Å². The quantitative estimate of drug-likeness (QED) is 0.547. The molecule has 4 heterocycles. The summed E-state index contributed by atoms with van der Waals surface area (Å²) in [5, 5.41) is 9.90. The number of piperazine rings is 1. The van der Waals surface area contributed by atoms with Gasteiger partial charge in [0.2, 0.25) is 0 Å². The maximum absolute atomic E-state index is 12.8. The van der Waals surface area contributed by atoms with Crippen LogP contribution in [0.2, 0.25) is 0 Å². The van der Waals surface area contributed by atoms with Crippen LogP contribution in [-0.2, 0) is 12.7 Å². The van der Waals surface area contributed by atoms with Crippen LogP contribution in [0.3, 0.4) is 0 Å². The average molecular weight is 395 g/mol. The molecule has 5 nitrogen and oxygen atoms in total. The third-order valence-corrected chi connectivity index (χ3v) is 5.70. The molecule has 1 aliphatic rings. The lowest BCUT2D eigenvalue weighted by molar-refractivity contribution is -0.894. The molecule has 0 unspecified atom stereocenters. The number of hydrogen-bond donors (Lipinski definition) is 1. The van der Waals surface area contributed by atoms with Crippen LogP contribution in [0.25, 0.3) is 10.2 Å². The summed E-state index contributed by atoms with van der Waals surface area (Å²) in [5.74, 6) is 0.753. The van der Waals surface area contributed by atoms with Crippen molar-refractivity contribution in [1.82, 2.24) is 9.88 Å². The van der Waals surface area contributed by atoms with E-state index in [1.165, 1.54) is 17.4 Å². The molecule has 0 amide bonds. The molecule has 0 aromatic carbocycles. The summed E-state index contributed by atoms with van der Waals surface area (Å²) < 4.78 is 40.2. The van der Waals surface area contributed by atoms with Gasteiger partial charge in [-0.3, -0.25) is 14.8 Å². The lowest BCUT2D eigenvalue weighted by Crippen LogP contribution is -2.50. The highest BCUT2D eigenvalue weighted by atomic mass is 32.1. The van der Waals surface area contributed by atoms with Gasteiger partial charge in [0.15, 0.2) is 0 Å². The molecule has 1 fully saturated rings. The monoisotopic (exact) mass is 395 g/mol. The number of fused-ring (bicyclic) bond motifs is 1. The van der Waals surface area contributed by atoms with Crippen molar-refractivity contribution < 1.29 is 23.1 Å². The van der Waals surface area contributed by atoms with Gasteiger partial charge in [0.1, 0.15) is 6.20 Å². The minimum absolute atomic E-state index is 0.559. The summed E-state index contributed by atoms with van der Waals surface area (Å²) in [6.07, 6.45) is -1.88. The molecule has 0 saturated carbocycles. The van der Waals surface area contributed by atoms with E-state index < -0.39 is 11.7 Å². The van der Waals surface area contributed by atoms with Crippen LogP contribution in [0.15, 0.2) is 42.7 Å². The van der Waals surface area contributed by atoms with E-state index in [9.17, 15) is 18.4 Å². The first-order valence-electron chi connectivity index (χ1n) is 8.53. The first-order valence-corrected chi connectivity index (χ1v) is 9.35. The molecular weight excluding hydrogens is 377 g/mol. The lowest BCUT2D eigenvalue weighted by atomic mass is 10.2. The Balaban J connectivity index is 1.42. The number of pyridine rings is 2. The number of nitrogens with zero attached hydrogens (tertiary/aromatic N) is 4. The van der Waals surface area contributed by atoms with Gasteiger partial charge in [0.05, 0.1) is 28.9 Å². The maximum Gasteiger partial charge on any atom is 0.417 e. The second-order valence-electron chi connectivity index (χ2n) is 6.48. The molecule has 4 rings (SSSR count). The van der Waals surface area contributed by atoms with Crippen LogP contribution >= 0.6 is 11.3 Å². The van der Waals surface area contributed by atoms with Crippen LogP contribution in [0.4, 0.5) is 19.0 Å². The SMILES string of the molecule is O[n+]1ccccc1N1CCN(Cc2cc3ncc(C(F)(F)F)cc3s2)CC1. The highest BCUT2D eigenvalue weighted by molar-refractivity contribution is 7.19. The molecule has 27 heavy (non-hydrogen) atoms. The molecule has 9 heteroatoms. The van der Waals surface area contributed by atoms with E-state index in [0.717, 1.165) is 47.8 Å². The Morgan fingerprint density at radius 2 is 1.93 bits per heavy atom. The van der Waals surface area contributed by atoms with Crippen LogP contribution in [0.1, 0.15) is 10.4 Å². The fourth-order valence-electron chi connectivity index (χ4n) is 3.23. The van der Waals surface area contributed by atoms with Crippen molar-refractivity contribution in [3.63, 3.8) is 0 Å². The van der Waals surface area contributed by atoms with Crippen molar-refractivity contribution in [2.24, 2.45) is 0 Å². The Morgan fingerprint density at radius 1 is 1.15 bits per heavy atom. The van der Waals surface area contributed by atoms with Gasteiger partial charge in [-0.05, 0) is 18.2 Å². The van der Waals surface area contributed by atoms with Crippen molar-refractivity contribution in [1.29, 1.82) is 0 Å². The molecule has 0 radical (unpaired) electrons. The van der Waals surface area contributed by atoms with Gasteiger partial charge in [-0.15, -0.1) is 11.3 Å². The van der Waals surface area contributed by atoms with Crippen molar-refractivity contribution in [3.05, 3.63) is 53.2 Å². The average Bonchev–Trinajstić information content (AvgIpc) is 3.03. The van der Waals surface area contributed by atoms with E-state index in [4.69, 9.17) is 0 Å². The number of thiophene rings is 1. The summed E-state index contributed by atoms with van der Waals surface area (Å²) in [6, 6.07) is 8.55. The van der Waals surface area contributed by atoms with Gasteiger partial charge in [0, 0.05) is 36.8 Å². The number of alkyl halides is 3. The van der Waals surface area contributed by atoms with Crippen LogP contribution in [0.5, 0.6) is 0 Å². The molecule has 3 aromatic rings. The molecule has 0 bridgehead atoms. The van der Waals surface area contributed by atoms with E-state index in [0.29, 0.717) is 16.8 Å². The minimum Gasteiger partial charge on any atom is -0.350 e. The lowest BCUT2D eigenvalue weighted by Gasteiger charge is -2.30. The van der Waals surface area contributed by atoms with E-state index >= 15 is 0 Å². The Hall–Kier alpha value is -2.39. The predicted octanol–water partition coefficient (Wildman–Crippen LogP) is 3.16. The van der Waals surface area contributed by atoms with Gasteiger partial charge in [0.25, 0.3) is 0 Å². The van der Waals surface area contributed by atoms with Crippen molar-refractivity contribution in [2.75, 3.05) is 31.1 Å². The van der Waals surface area contributed by atoms with Gasteiger partial charge in [-0.25, -0.2) is 0 Å². The van der Waals surface area contributed by atoms with Gasteiger partial charge < -0.3 is 5.21 Å². The summed E-state index contributed by atoms with van der Waals surface area (Å²) in [7, 11) is 0. The third kappa shape index (κ3) is 3.84. The van der Waals surface area contributed by atoms with Gasteiger partial charge >= 0.3 is 12.0 Å². The first-order chi connectivity index (χ1) is 12.9. The molecule has 0 atom stereocenters. The first kappa shape index (κ1) is 18.0. The fraction of sp³-hybridized carbons (Fsp3) is 0.333. The number of halogens is 3. The summed E-state index contributed by atoms with van der Waals surface area (Å²) in [6.45, 7) is 3.84. The third-order valence-electron chi connectivity index (χ3n) is 4.64. The number of rotatable bonds is 3. The molecule has 0 aliphatic carbocycles. The maximum atomic E-state index is 12.8. The van der Waals surface area contributed by atoms with E-state index in [2.05, 4.69) is 14.8 Å². The zero-order valence-electron chi connectivity index (χ0n) is 14.4. The Bertz CT molecular complexity index is 951. The molecule has 1 N–H and O–H groups in total. The zero-order valence-corrected chi connectivity index (χ0v) is 15.2. The molecule has 142 valence electrons. The van der Waals surface area contributed by atoms with E-state index in [1.54, 1.807) is 12.3 Å². The van der Waals surface area contributed by atoms with E-state index in [1.807, 2.05) is 18.2 Å². The number of anilines is 1. The molecular formula is C18H18F3N4OS+. The topological polar surface area (TPSA) is 43.5 Å². The van der Waals surface area contributed by atoms with Crippen molar-refractivity contribution >= 4 is 27.4 Å². The minimum atomic E-state index is -4.37. The normalized spacial score (nSPS) is 16.2.